The smallest absolute Gasteiger partial charge is 0.330 e. The van der Waals surface area contributed by atoms with E-state index in [0.29, 0.717) is 5.69 Å². The van der Waals surface area contributed by atoms with E-state index in [4.69, 9.17) is 4.74 Å². The minimum absolute atomic E-state index is 0.124. The first-order chi connectivity index (χ1) is 19.7. The molecule has 13 heteroatoms. The van der Waals surface area contributed by atoms with E-state index in [0.717, 1.165) is 33.9 Å². The van der Waals surface area contributed by atoms with Gasteiger partial charge in [0.2, 0.25) is 5.91 Å². The van der Waals surface area contributed by atoms with Crippen LogP contribution in [0.1, 0.15) is 17.6 Å². The number of aromatic nitrogens is 4. The van der Waals surface area contributed by atoms with E-state index < -0.39 is 53.6 Å². The molecule has 2 aromatic heterocycles. The van der Waals surface area contributed by atoms with Gasteiger partial charge in [-0.3, -0.25) is 23.9 Å². The van der Waals surface area contributed by atoms with Crippen molar-refractivity contribution in [2.24, 2.45) is 0 Å². The van der Waals surface area contributed by atoms with Gasteiger partial charge >= 0.3 is 5.69 Å². The normalized spacial score (nSPS) is 20.9. The van der Waals surface area contributed by atoms with Crippen LogP contribution in [0.15, 0.2) is 88.8 Å². The number of ether oxygens (including phenoxy) is 1. The molecule has 0 aliphatic carbocycles. The molecule has 1 aliphatic heterocycles. The maximum atomic E-state index is 13.4. The number of H-pyrrole nitrogens is 1. The molecular formula is C28H28N6O7. The van der Waals surface area contributed by atoms with Crippen molar-refractivity contribution in [1.82, 2.24) is 24.4 Å². The van der Waals surface area contributed by atoms with Gasteiger partial charge in [0, 0.05) is 42.5 Å². The van der Waals surface area contributed by atoms with Crippen LogP contribution >= 0.6 is 0 Å². The number of nitrogens with one attached hydrogen (secondary N) is 3. The first kappa shape index (κ1) is 27.7. The molecule has 1 aliphatic rings. The fourth-order valence-corrected chi connectivity index (χ4v) is 4.63. The summed E-state index contributed by atoms with van der Waals surface area (Å²) in [5.41, 5.74) is 0.577. The van der Waals surface area contributed by atoms with E-state index in [1.807, 2.05) is 40.9 Å². The predicted molar refractivity (Wildman–Crippen MR) is 146 cm³/mol. The minimum atomic E-state index is -1.71. The Morgan fingerprint density at radius 2 is 1.76 bits per heavy atom. The average molecular weight is 561 g/mol. The summed E-state index contributed by atoms with van der Waals surface area (Å²) in [4.78, 5) is 56.4. The molecule has 0 radical (unpaired) electrons. The minimum Gasteiger partial charge on any atom is -0.387 e. The number of carbonyl (C=O) groups is 2. The van der Waals surface area contributed by atoms with E-state index in [-0.39, 0.29) is 6.42 Å². The summed E-state index contributed by atoms with van der Waals surface area (Å²) >= 11 is 0. The molecule has 4 aromatic rings. The fourth-order valence-electron chi connectivity index (χ4n) is 4.63. The Bertz CT molecular complexity index is 1650. The maximum Gasteiger partial charge on any atom is 0.330 e. The van der Waals surface area contributed by atoms with Gasteiger partial charge in [0.1, 0.15) is 24.1 Å². The SMILES string of the molecule is Cc1nccn1-c1ccc(NC(=O)[C@@H](Cc2ccccc2)NC(=O)[C@H]2O[C@@H](n3ccc(=O)[nH]c3=O)[C@H](O)[C@@H]2O)cc1. The molecule has 1 fully saturated rings. The Balaban J connectivity index is 1.32. The number of imidazole rings is 1. The number of nitrogens with zero attached hydrogens (tertiary/aromatic N) is 3. The van der Waals surface area contributed by atoms with Crippen LogP contribution in [0.4, 0.5) is 5.69 Å². The highest BCUT2D eigenvalue weighted by Gasteiger charge is 2.48. The van der Waals surface area contributed by atoms with E-state index in [2.05, 4.69) is 15.6 Å². The Morgan fingerprint density at radius 3 is 2.41 bits per heavy atom. The monoisotopic (exact) mass is 560 g/mol. The van der Waals surface area contributed by atoms with Gasteiger partial charge in [-0.05, 0) is 36.8 Å². The van der Waals surface area contributed by atoms with Gasteiger partial charge in [-0.25, -0.2) is 9.78 Å². The lowest BCUT2D eigenvalue weighted by molar-refractivity contribution is -0.140. The number of hydrogen-bond acceptors (Lipinski definition) is 8. The third-order valence-corrected chi connectivity index (χ3v) is 6.78. The largest absolute Gasteiger partial charge is 0.387 e. The summed E-state index contributed by atoms with van der Waals surface area (Å²) in [6, 6.07) is 16.1. The van der Waals surface area contributed by atoms with Crippen LogP contribution in [0, 0.1) is 6.92 Å². The van der Waals surface area contributed by atoms with Gasteiger partial charge in [-0.15, -0.1) is 0 Å². The number of aryl methyl sites for hydroxylation is 1. The lowest BCUT2D eigenvalue weighted by atomic mass is 10.0. The van der Waals surface area contributed by atoms with Crippen LogP contribution < -0.4 is 21.9 Å². The molecular weight excluding hydrogens is 532 g/mol. The molecule has 1 saturated heterocycles. The van der Waals surface area contributed by atoms with Gasteiger partial charge in [0.25, 0.3) is 11.5 Å². The van der Waals surface area contributed by atoms with Crippen LogP contribution in [-0.4, -0.2) is 65.5 Å². The van der Waals surface area contributed by atoms with Crippen LogP contribution in [0.3, 0.4) is 0 Å². The molecule has 0 spiro atoms. The molecule has 5 atom stereocenters. The van der Waals surface area contributed by atoms with Crippen molar-refractivity contribution in [2.45, 2.75) is 43.9 Å². The van der Waals surface area contributed by atoms with E-state index >= 15 is 0 Å². The number of aromatic amines is 1. The molecule has 0 bridgehead atoms. The summed E-state index contributed by atoms with van der Waals surface area (Å²) in [5.74, 6) is -0.574. The summed E-state index contributed by atoms with van der Waals surface area (Å²) in [6.07, 6.45) is -1.68. The van der Waals surface area contributed by atoms with Crippen molar-refractivity contribution in [3.8, 4) is 5.69 Å². The van der Waals surface area contributed by atoms with Crippen molar-refractivity contribution in [2.75, 3.05) is 5.32 Å². The zero-order valence-electron chi connectivity index (χ0n) is 21.9. The molecule has 13 nitrogen and oxygen atoms in total. The van der Waals surface area contributed by atoms with Gasteiger partial charge < -0.3 is 30.2 Å². The summed E-state index contributed by atoms with van der Waals surface area (Å²) in [7, 11) is 0. The Kier molecular flexibility index (Phi) is 7.92. The van der Waals surface area contributed by atoms with Crippen LogP contribution in [0.25, 0.3) is 5.69 Å². The third-order valence-electron chi connectivity index (χ3n) is 6.78. The zero-order valence-corrected chi connectivity index (χ0v) is 21.9. The average Bonchev–Trinajstić information content (AvgIpc) is 3.52. The van der Waals surface area contributed by atoms with Crippen molar-refractivity contribution in [3.05, 3.63) is 111 Å². The molecule has 3 heterocycles. The van der Waals surface area contributed by atoms with Gasteiger partial charge in [0.05, 0.1) is 0 Å². The second-order valence-electron chi connectivity index (χ2n) is 9.58. The first-order valence-corrected chi connectivity index (χ1v) is 12.8. The molecule has 2 amide bonds. The van der Waals surface area contributed by atoms with Crippen LogP contribution in [-0.2, 0) is 20.7 Å². The van der Waals surface area contributed by atoms with E-state index in [9.17, 15) is 29.4 Å². The third kappa shape index (κ3) is 6.01. The summed E-state index contributed by atoms with van der Waals surface area (Å²) in [5, 5.41) is 26.5. The molecule has 5 N–H and O–H groups in total. The lowest BCUT2D eigenvalue weighted by Gasteiger charge is -2.22. The quantitative estimate of drug-likeness (QED) is 0.200. The summed E-state index contributed by atoms with van der Waals surface area (Å²) < 4.78 is 8.31. The van der Waals surface area contributed by atoms with Crippen molar-refractivity contribution in [1.29, 1.82) is 0 Å². The Labute approximate surface area is 233 Å². The fraction of sp³-hybridized carbons (Fsp3) is 0.250. The number of anilines is 1. The maximum absolute atomic E-state index is 13.4. The number of amides is 2. The summed E-state index contributed by atoms with van der Waals surface area (Å²) in [6.45, 7) is 1.87. The van der Waals surface area contributed by atoms with Gasteiger partial charge in [-0.2, -0.15) is 0 Å². The highest BCUT2D eigenvalue weighted by molar-refractivity contribution is 5.98. The number of aliphatic hydroxyl groups is 2. The second kappa shape index (κ2) is 11.7. The molecule has 5 rings (SSSR count). The number of rotatable bonds is 8. The van der Waals surface area contributed by atoms with Crippen LogP contribution in [0.2, 0.25) is 0 Å². The highest BCUT2D eigenvalue weighted by Crippen LogP contribution is 2.28. The molecule has 0 saturated carbocycles. The van der Waals surface area contributed by atoms with Gasteiger partial charge in [-0.1, -0.05) is 30.3 Å². The van der Waals surface area contributed by atoms with Crippen molar-refractivity contribution >= 4 is 17.5 Å². The van der Waals surface area contributed by atoms with Gasteiger partial charge in [0.15, 0.2) is 12.3 Å². The molecule has 212 valence electrons. The lowest BCUT2D eigenvalue weighted by Crippen LogP contribution is -2.51. The highest BCUT2D eigenvalue weighted by atomic mass is 16.6. The van der Waals surface area contributed by atoms with Crippen molar-refractivity contribution in [3.63, 3.8) is 0 Å². The first-order valence-electron chi connectivity index (χ1n) is 12.8. The molecule has 41 heavy (non-hydrogen) atoms. The van der Waals surface area contributed by atoms with E-state index in [1.54, 1.807) is 42.6 Å². The predicted octanol–water partition coefficient (Wildman–Crippen LogP) is 0.0161. The topological polar surface area (TPSA) is 181 Å². The molecule has 2 aromatic carbocycles. The number of hydrogen-bond donors (Lipinski definition) is 5. The number of aliphatic hydroxyl groups excluding tert-OH is 2. The molecule has 0 unspecified atom stereocenters. The van der Waals surface area contributed by atoms with E-state index in [1.165, 1.54) is 0 Å². The Morgan fingerprint density at radius 1 is 1.02 bits per heavy atom. The van der Waals surface area contributed by atoms with Crippen LogP contribution in [0.5, 0.6) is 0 Å². The standard InChI is InChI=1S/C28H28N6O7/c1-16-29-12-14-33(16)19-9-7-18(8-10-19)30-25(38)20(15-17-5-3-2-4-6-17)31-26(39)24-22(36)23(37)27(41-24)34-13-11-21(35)32-28(34)40/h2-14,20,22-24,27,36-37H,15H2,1H3,(H,30,38)(H,31,39)(H,32,35,40)/t20-,22+,23-,24+,27-/m1/s1. The second-order valence-corrected chi connectivity index (χ2v) is 9.58. The zero-order chi connectivity index (χ0) is 29.1. The number of carbonyl (C=O) groups excluding carboxylic acids is 2. The number of benzene rings is 2. The Hall–Kier alpha value is -4.85. The van der Waals surface area contributed by atoms with Crippen molar-refractivity contribution < 1.29 is 24.5 Å².